The van der Waals surface area contributed by atoms with Crippen LogP contribution in [0.2, 0.25) is 0 Å². The zero-order valence-corrected chi connectivity index (χ0v) is 8.26. The SMILES string of the molecule is C1=NC2=CC3CC(c4ccccc43)C2O1. The van der Waals surface area contributed by atoms with E-state index in [9.17, 15) is 0 Å². The van der Waals surface area contributed by atoms with Gasteiger partial charge in [-0.3, -0.25) is 0 Å². The monoisotopic (exact) mass is 197 g/mol. The number of rotatable bonds is 0. The van der Waals surface area contributed by atoms with Crippen molar-refractivity contribution in [3.05, 3.63) is 47.2 Å². The van der Waals surface area contributed by atoms with E-state index >= 15 is 0 Å². The van der Waals surface area contributed by atoms with Crippen molar-refractivity contribution in [3.8, 4) is 0 Å². The van der Waals surface area contributed by atoms with Crippen molar-refractivity contribution in [2.75, 3.05) is 0 Å². The molecule has 15 heavy (non-hydrogen) atoms. The minimum atomic E-state index is 0.185. The summed E-state index contributed by atoms with van der Waals surface area (Å²) in [5.41, 5.74) is 4.07. The molecule has 0 fully saturated rings. The molecule has 0 saturated carbocycles. The maximum Gasteiger partial charge on any atom is 0.175 e. The van der Waals surface area contributed by atoms with Crippen LogP contribution in [0.5, 0.6) is 0 Å². The standard InChI is InChI=1S/C13H11NO/c1-2-4-10-9(3-1)8-5-11(10)13-12(6-8)14-7-15-13/h1-4,6-8,11,13H,5H2. The van der Waals surface area contributed by atoms with E-state index in [1.165, 1.54) is 17.5 Å². The first-order valence-corrected chi connectivity index (χ1v) is 5.42. The van der Waals surface area contributed by atoms with E-state index in [0.29, 0.717) is 11.8 Å². The fourth-order valence-electron chi connectivity index (χ4n) is 3.10. The van der Waals surface area contributed by atoms with Gasteiger partial charge in [0.15, 0.2) is 6.40 Å². The molecule has 3 aliphatic rings. The third-order valence-electron chi connectivity index (χ3n) is 3.74. The number of allylic oxidation sites excluding steroid dienone is 1. The fourth-order valence-corrected chi connectivity index (χ4v) is 3.10. The molecule has 0 radical (unpaired) electrons. The van der Waals surface area contributed by atoms with E-state index in [1.807, 2.05) is 0 Å². The predicted octanol–water partition coefficient (Wildman–Crippen LogP) is 2.58. The zero-order valence-electron chi connectivity index (χ0n) is 8.26. The average molecular weight is 197 g/mol. The molecule has 0 spiro atoms. The second-order valence-corrected chi connectivity index (χ2v) is 4.46. The van der Waals surface area contributed by atoms with Gasteiger partial charge in [0.05, 0.1) is 5.70 Å². The molecule has 3 atom stereocenters. The highest BCUT2D eigenvalue weighted by atomic mass is 16.5. The summed E-state index contributed by atoms with van der Waals surface area (Å²) in [6.07, 6.45) is 5.25. The van der Waals surface area contributed by atoms with Crippen LogP contribution in [0.15, 0.2) is 41.0 Å². The van der Waals surface area contributed by atoms with Gasteiger partial charge in [0.25, 0.3) is 0 Å². The van der Waals surface area contributed by atoms with Gasteiger partial charge >= 0.3 is 0 Å². The van der Waals surface area contributed by atoms with Crippen LogP contribution < -0.4 is 0 Å². The van der Waals surface area contributed by atoms with E-state index in [0.717, 1.165) is 5.70 Å². The van der Waals surface area contributed by atoms with Crippen LogP contribution in [0.3, 0.4) is 0 Å². The molecule has 4 rings (SSSR count). The van der Waals surface area contributed by atoms with Gasteiger partial charge in [0, 0.05) is 11.8 Å². The van der Waals surface area contributed by atoms with E-state index in [2.05, 4.69) is 35.3 Å². The van der Waals surface area contributed by atoms with Gasteiger partial charge in [-0.25, -0.2) is 4.99 Å². The van der Waals surface area contributed by atoms with E-state index in [4.69, 9.17) is 4.74 Å². The molecule has 0 N–H and O–H groups in total. The fraction of sp³-hybridized carbons (Fsp3) is 0.308. The van der Waals surface area contributed by atoms with E-state index in [-0.39, 0.29) is 6.10 Å². The zero-order chi connectivity index (χ0) is 9.83. The van der Waals surface area contributed by atoms with Crippen molar-refractivity contribution >= 4 is 6.40 Å². The van der Waals surface area contributed by atoms with Gasteiger partial charge in [0.1, 0.15) is 6.10 Å². The largest absolute Gasteiger partial charge is 0.473 e. The van der Waals surface area contributed by atoms with E-state index in [1.54, 1.807) is 6.40 Å². The van der Waals surface area contributed by atoms with Crippen molar-refractivity contribution in [2.45, 2.75) is 24.4 Å². The summed E-state index contributed by atoms with van der Waals surface area (Å²) in [4.78, 5) is 4.30. The van der Waals surface area contributed by atoms with Crippen molar-refractivity contribution in [3.63, 3.8) is 0 Å². The molecule has 0 saturated heterocycles. The quantitative estimate of drug-likeness (QED) is 0.626. The third-order valence-corrected chi connectivity index (χ3v) is 3.74. The molecule has 2 aliphatic carbocycles. The van der Waals surface area contributed by atoms with Crippen molar-refractivity contribution in [1.29, 1.82) is 0 Å². The van der Waals surface area contributed by atoms with Gasteiger partial charge in [-0.1, -0.05) is 30.3 Å². The normalized spacial score (nSPS) is 34.4. The van der Waals surface area contributed by atoms with Crippen LogP contribution in [-0.4, -0.2) is 12.5 Å². The Balaban J connectivity index is 1.93. The van der Waals surface area contributed by atoms with Crippen LogP contribution in [0, 0.1) is 0 Å². The summed E-state index contributed by atoms with van der Waals surface area (Å²) in [6, 6.07) is 8.72. The summed E-state index contributed by atoms with van der Waals surface area (Å²) in [7, 11) is 0. The number of nitrogens with zero attached hydrogens (tertiary/aromatic N) is 1. The second-order valence-electron chi connectivity index (χ2n) is 4.46. The van der Waals surface area contributed by atoms with Crippen molar-refractivity contribution in [2.24, 2.45) is 4.99 Å². The maximum atomic E-state index is 5.58. The van der Waals surface area contributed by atoms with Gasteiger partial charge < -0.3 is 4.74 Å². The summed E-state index contributed by atoms with van der Waals surface area (Å²) in [6.45, 7) is 0. The Labute approximate surface area is 88.3 Å². The lowest BCUT2D eigenvalue weighted by Crippen LogP contribution is -2.20. The number of hydrogen-bond donors (Lipinski definition) is 0. The average Bonchev–Trinajstić information content (AvgIpc) is 2.85. The van der Waals surface area contributed by atoms with Crippen LogP contribution in [0.4, 0.5) is 0 Å². The number of ether oxygens (including phenoxy) is 1. The molecular formula is C13H11NO. The van der Waals surface area contributed by atoms with Gasteiger partial charge in [-0.15, -0.1) is 0 Å². The Kier molecular flexibility index (Phi) is 1.29. The van der Waals surface area contributed by atoms with Crippen LogP contribution in [-0.2, 0) is 4.74 Å². The van der Waals surface area contributed by atoms with Gasteiger partial charge in [-0.05, 0) is 17.5 Å². The third kappa shape index (κ3) is 0.870. The molecule has 1 aliphatic heterocycles. The minimum Gasteiger partial charge on any atom is -0.473 e. The minimum absolute atomic E-state index is 0.185. The van der Waals surface area contributed by atoms with Crippen molar-refractivity contribution in [1.82, 2.24) is 0 Å². The van der Waals surface area contributed by atoms with Crippen molar-refractivity contribution < 1.29 is 4.74 Å². The Hall–Kier alpha value is -1.57. The molecule has 3 unspecified atom stereocenters. The summed E-state index contributed by atoms with van der Waals surface area (Å²) in [5.74, 6) is 1.09. The predicted molar refractivity (Wildman–Crippen MR) is 58.0 cm³/mol. The molecule has 2 nitrogen and oxygen atoms in total. The first-order valence-electron chi connectivity index (χ1n) is 5.42. The number of hydrogen-bond acceptors (Lipinski definition) is 2. The Morgan fingerprint density at radius 1 is 1.20 bits per heavy atom. The van der Waals surface area contributed by atoms with Crippen LogP contribution in [0.25, 0.3) is 0 Å². The Morgan fingerprint density at radius 2 is 2.07 bits per heavy atom. The lowest BCUT2D eigenvalue weighted by molar-refractivity contribution is 0.210. The topological polar surface area (TPSA) is 21.6 Å². The first-order chi connectivity index (χ1) is 7.43. The van der Waals surface area contributed by atoms with Gasteiger partial charge in [-0.2, -0.15) is 0 Å². The summed E-state index contributed by atoms with van der Waals surface area (Å²) >= 11 is 0. The Bertz CT molecular complexity index is 489. The number of benzene rings is 1. The number of fused-ring (bicyclic) bond motifs is 7. The molecular weight excluding hydrogens is 186 g/mol. The van der Waals surface area contributed by atoms with E-state index < -0.39 is 0 Å². The van der Waals surface area contributed by atoms with Crippen LogP contribution >= 0.6 is 0 Å². The molecule has 0 aromatic heterocycles. The molecule has 74 valence electrons. The lowest BCUT2D eigenvalue weighted by Gasteiger charge is -2.22. The molecule has 1 heterocycles. The number of aliphatic imine (C=N–C) groups is 1. The molecule has 2 bridgehead atoms. The molecule has 1 aromatic rings. The van der Waals surface area contributed by atoms with Gasteiger partial charge in [0.2, 0.25) is 0 Å². The summed E-state index contributed by atoms with van der Waals surface area (Å²) in [5, 5.41) is 0. The highest BCUT2D eigenvalue weighted by Crippen LogP contribution is 2.51. The summed E-state index contributed by atoms with van der Waals surface area (Å²) < 4.78 is 5.58. The highest BCUT2D eigenvalue weighted by Gasteiger charge is 2.43. The first kappa shape index (κ1) is 7.69. The Morgan fingerprint density at radius 3 is 3.00 bits per heavy atom. The highest BCUT2D eigenvalue weighted by molar-refractivity contribution is 5.58. The van der Waals surface area contributed by atoms with Crippen LogP contribution in [0.1, 0.15) is 29.4 Å². The molecule has 2 heteroatoms. The smallest absolute Gasteiger partial charge is 0.175 e. The second kappa shape index (κ2) is 2.51. The maximum absolute atomic E-state index is 5.58. The molecule has 1 aromatic carbocycles. The lowest BCUT2D eigenvalue weighted by atomic mass is 9.88. The molecule has 0 amide bonds.